The number of anilines is 1. The number of nitrogens with zero attached hydrogens (tertiary/aromatic N) is 1. The molecule has 1 aliphatic heterocycles. The Kier molecular flexibility index (Phi) is 7.02. The highest BCUT2D eigenvalue weighted by atomic mass is 16.5. The summed E-state index contributed by atoms with van der Waals surface area (Å²) in [4.78, 5) is 45.3. The summed E-state index contributed by atoms with van der Waals surface area (Å²) >= 11 is 0. The zero-order valence-electron chi connectivity index (χ0n) is 22.8. The molecule has 206 valence electrons. The molecule has 1 fully saturated rings. The molecule has 1 saturated heterocycles. The van der Waals surface area contributed by atoms with Gasteiger partial charge in [0.15, 0.2) is 22.0 Å². The first-order chi connectivity index (χ1) is 19.4. The quantitative estimate of drug-likeness (QED) is 0.125. The number of hydrogen-bond acceptors (Lipinski definition) is 7. The first-order valence-electron chi connectivity index (χ1n) is 14.0. The number of carbonyl (C=O) groups is 1. The molecule has 0 aliphatic carbocycles. The molecule has 2 N–H and O–H groups in total. The fraction of sp³-hybridized carbons (Fsp3) is 0.344. The van der Waals surface area contributed by atoms with E-state index in [4.69, 9.17) is 9.15 Å². The van der Waals surface area contributed by atoms with E-state index < -0.39 is 0 Å². The van der Waals surface area contributed by atoms with Gasteiger partial charge in [0.2, 0.25) is 0 Å². The molecule has 0 spiro atoms. The van der Waals surface area contributed by atoms with Crippen molar-refractivity contribution in [3.8, 4) is 0 Å². The molecule has 8 heteroatoms. The van der Waals surface area contributed by atoms with Crippen LogP contribution < -0.4 is 16.2 Å². The first kappa shape index (κ1) is 26.1. The van der Waals surface area contributed by atoms with Crippen molar-refractivity contribution in [1.82, 2.24) is 9.88 Å². The summed E-state index contributed by atoms with van der Waals surface area (Å²) < 4.78 is 11.4. The molecule has 0 unspecified atom stereocenters. The van der Waals surface area contributed by atoms with Gasteiger partial charge < -0.3 is 24.4 Å². The van der Waals surface area contributed by atoms with Crippen molar-refractivity contribution in [2.75, 3.05) is 38.1 Å². The van der Waals surface area contributed by atoms with Crippen LogP contribution in [0.15, 0.2) is 62.5 Å². The Morgan fingerprint density at radius 1 is 1.02 bits per heavy atom. The molecule has 1 aromatic heterocycles. The lowest BCUT2D eigenvalue weighted by molar-refractivity contribution is -0.149. The molecule has 0 bridgehead atoms. The van der Waals surface area contributed by atoms with Crippen molar-refractivity contribution in [3.63, 3.8) is 0 Å². The van der Waals surface area contributed by atoms with Gasteiger partial charge in [0.25, 0.3) is 0 Å². The van der Waals surface area contributed by atoms with Crippen molar-refractivity contribution in [2.45, 2.75) is 33.1 Å². The van der Waals surface area contributed by atoms with Crippen LogP contribution in [0.25, 0.3) is 43.7 Å². The summed E-state index contributed by atoms with van der Waals surface area (Å²) in [6.45, 7) is 7.47. The third-order valence-corrected chi connectivity index (χ3v) is 7.95. The molecule has 0 saturated carbocycles. The summed E-state index contributed by atoms with van der Waals surface area (Å²) in [7, 11) is 0. The summed E-state index contributed by atoms with van der Waals surface area (Å²) in [6.07, 6.45) is 2.47. The number of piperidine rings is 1. The Balaban J connectivity index is 1.32. The zero-order valence-corrected chi connectivity index (χ0v) is 22.8. The monoisotopic (exact) mass is 539 g/mol. The van der Waals surface area contributed by atoms with Crippen LogP contribution in [0.5, 0.6) is 0 Å². The second kappa shape index (κ2) is 10.8. The number of fused-ring (bicyclic) bond motifs is 5. The zero-order chi connectivity index (χ0) is 27.8. The van der Waals surface area contributed by atoms with E-state index in [0.717, 1.165) is 50.0 Å². The number of carbonyl (C=O) groups excluding carboxylic acids is 1. The number of likely N-dealkylation sites (tertiary alicyclic amines) is 1. The minimum absolute atomic E-state index is 0.00887. The van der Waals surface area contributed by atoms with Crippen molar-refractivity contribution in [2.24, 2.45) is 5.92 Å². The Morgan fingerprint density at radius 2 is 1.75 bits per heavy atom. The molecule has 0 amide bonds. The van der Waals surface area contributed by atoms with Crippen molar-refractivity contribution >= 4 is 55.4 Å². The topological polar surface area (TPSA) is 105 Å². The molecule has 1 aliphatic rings. The standard InChI is InChI=1S/C32H33N3O5/c1-3-39-32(38)20-11-15-35(16-12-20)14-6-13-33-24-18-26-29(34-23-17-19(2)9-10-25(23)40-26)28-27(24)30(36)21-7-4-5-8-22(21)31(28)37/h4-5,7-10,17-18,20,33-34H,3,6,11-16H2,1-2H3. The third-order valence-electron chi connectivity index (χ3n) is 7.95. The minimum atomic E-state index is -0.193. The maximum Gasteiger partial charge on any atom is 0.309 e. The second-order valence-electron chi connectivity index (χ2n) is 10.6. The van der Waals surface area contributed by atoms with Crippen LogP contribution in [-0.4, -0.2) is 48.6 Å². The van der Waals surface area contributed by atoms with E-state index in [1.807, 2.05) is 38.1 Å². The number of H-pyrrole nitrogens is 1. The Labute approximate surface area is 230 Å². The molecule has 2 heterocycles. The van der Waals surface area contributed by atoms with Gasteiger partial charge in [-0.05, 0) is 70.4 Å². The van der Waals surface area contributed by atoms with E-state index in [0.29, 0.717) is 57.1 Å². The number of aromatic nitrogens is 1. The molecule has 0 radical (unpaired) electrons. The van der Waals surface area contributed by atoms with Gasteiger partial charge in [0.05, 0.1) is 34.3 Å². The molecule has 0 atom stereocenters. The summed E-state index contributed by atoms with van der Waals surface area (Å²) in [5.41, 5.74) is 3.76. The van der Waals surface area contributed by atoms with Crippen molar-refractivity contribution < 1.29 is 13.9 Å². The normalized spacial score (nSPS) is 14.8. The van der Waals surface area contributed by atoms with Gasteiger partial charge in [-0.15, -0.1) is 0 Å². The molecule has 6 rings (SSSR count). The van der Waals surface area contributed by atoms with E-state index in [1.165, 1.54) is 0 Å². The maximum absolute atomic E-state index is 13.8. The number of benzene rings is 4. The van der Waals surface area contributed by atoms with Gasteiger partial charge >= 0.3 is 5.97 Å². The molecular weight excluding hydrogens is 506 g/mol. The van der Waals surface area contributed by atoms with E-state index in [1.54, 1.807) is 24.3 Å². The summed E-state index contributed by atoms with van der Waals surface area (Å²) in [5, 5.41) is 4.99. The first-order valence-corrected chi connectivity index (χ1v) is 14.0. The fourth-order valence-electron chi connectivity index (χ4n) is 5.88. The number of hydrogen-bond donors (Lipinski definition) is 2. The van der Waals surface area contributed by atoms with Gasteiger partial charge in [-0.3, -0.25) is 14.4 Å². The Bertz CT molecular complexity index is 1860. The minimum Gasteiger partial charge on any atom is -0.466 e. The molecule has 8 nitrogen and oxygen atoms in total. The highest BCUT2D eigenvalue weighted by Gasteiger charge is 2.25. The predicted molar refractivity (Wildman–Crippen MR) is 159 cm³/mol. The van der Waals surface area contributed by atoms with E-state index in [9.17, 15) is 14.4 Å². The number of esters is 1. The number of aryl methyl sites for hydroxylation is 1. The Hall–Kier alpha value is -4.17. The Morgan fingerprint density at radius 3 is 2.48 bits per heavy atom. The van der Waals surface area contributed by atoms with E-state index >= 15 is 0 Å². The van der Waals surface area contributed by atoms with Crippen LogP contribution in [0.2, 0.25) is 0 Å². The number of rotatable bonds is 7. The van der Waals surface area contributed by atoms with E-state index in [-0.39, 0.29) is 22.7 Å². The van der Waals surface area contributed by atoms with Gasteiger partial charge in [-0.1, -0.05) is 30.3 Å². The van der Waals surface area contributed by atoms with Gasteiger partial charge in [-0.2, -0.15) is 0 Å². The van der Waals surface area contributed by atoms with Crippen molar-refractivity contribution in [3.05, 3.63) is 74.5 Å². The van der Waals surface area contributed by atoms with Crippen LogP contribution in [0.4, 0.5) is 5.69 Å². The van der Waals surface area contributed by atoms with Gasteiger partial charge in [-0.25, -0.2) is 0 Å². The summed E-state index contributed by atoms with van der Waals surface area (Å²) in [5.74, 6) is -0.0957. The van der Waals surface area contributed by atoms with Crippen molar-refractivity contribution in [1.29, 1.82) is 0 Å². The van der Waals surface area contributed by atoms with Crippen LogP contribution in [0.3, 0.4) is 0 Å². The van der Waals surface area contributed by atoms with Crippen LogP contribution >= 0.6 is 0 Å². The van der Waals surface area contributed by atoms with Crippen LogP contribution in [0, 0.1) is 12.8 Å². The maximum atomic E-state index is 13.8. The SMILES string of the molecule is CCOC(=O)C1CCN(CCCNc2cc3oc4ccc(C)cc4[nH]c3c3c(=O)c4ccccc4c(=O)c23)CC1. The molecular formula is C32H33N3O5. The van der Waals surface area contributed by atoms with Crippen LogP contribution in [0.1, 0.15) is 31.7 Å². The second-order valence-corrected chi connectivity index (χ2v) is 10.6. The lowest BCUT2D eigenvalue weighted by atomic mass is 9.97. The van der Waals surface area contributed by atoms with Crippen LogP contribution in [-0.2, 0) is 9.53 Å². The lowest BCUT2D eigenvalue weighted by Gasteiger charge is -2.30. The molecule has 4 aromatic carbocycles. The average molecular weight is 540 g/mol. The molecule has 5 aromatic rings. The van der Waals surface area contributed by atoms with E-state index in [2.05, 4.69) is 15.2 Å². The predicted octanol–water partition coefficient (Wildman–Crippen LogP) is 5.33. The molecule has 40 heavy (non-hydrogen) atoms. The third kappa shape index (κ3) is 4.73. The van der Waals surface area contributed by atoms with Gasteiger partial charge in [0.1, 0.15) is 0 Å². The largest absolute Gasteiger partial charge is 0.466 e. The average Bonchev–Trinajstić information content (AvgIpc) is 2.97. The van der Waals surface area contributed by atoms with Gasteiger partial charge in [0, 0.05) is 29.1 Å². The lowest BCUT2D eigenvalue weighted by Crippen LogP contribution is -2.37. The highest BCUT2D eigenvalue weighted by Crippen LogP contribution is 2.31. The fourth-order valence-corrected chi connectivity index (χ4v) is 5.88. The number of nitrogens with one attached hydrogen (secondary N) is 2. The number of aromatic amines is 1. The smallest absolute Gasteiger partial charge is 0.309 e. The highest BCUT2D eigenvalue weighted by molar-refractivity contribution is 6.14. The number of ether oxygens (including phenoxy) is 1. The summed E-state index contributed by atoms with van der Waals surface area (Å²) in [6, 6.07) is 14.7.